The summed E-state index contributed by atoms with van der Waals surface area (Å²) in [4.78, 5) is 0. The van der Waals surface area contributed by atoms with Crippen molar-refractivity contribution in [3.8, 4) is 0 Å². The average molecular weight is 169 g/mol. The molecular formula is C8H11NOS. The average Bonchev–Trinajstić information content (AvgIpc) is 2.58. The van der Waals surface area contributed by atoms with Crippen LogP contribution in [0, 0.1) is 6.42 Å². The van der Waals surface area contributed by atoms with Crippen LogP contribution in [0.25, 0.3) is 0 Å². The van der Waals surface area contributed by atoms with Crippen molar-refractivity contribution in [2.24, 2.45) is 0 Å². The standard InChI is InChI=1S/C8H11NOS/c1-2-5-10-7(3-1)8-9-4-6-11-8/h4,6-9H,1-2,5H2. The summed E-state index contributed by atoms with van der Waals surface area (Å²) in [6.07, 6.45) is 7.67. The summed E-state index contributed by atoms with van der Waals surface area (Å²) in [6, 6.07) is 0. The molecule has 0 bridgehead atoms. The molecule has 2 radical (unpaired) electrons. The molecule has 60 valence electrons. The molecule has 1 saturated heterocycles. The summed E-state index contributed by atoms with van der Waals surface area (Å²) in [5, 5.41) is 5.65. The maximum absolute atomic E-state index is 5.53. The molecule has 1 N–H and O–H groups in total. The molecule has 2 nitrogen and oxygen atoms in total. The molecule has 11 heavy (non-hydrogen) atoms. The fraction of sp³-hybridized carbons (Fsp3) is 0.625. The number of nitrogens with one attached hydrogen (secondary N) is 1. The van der Waals surface area contributed by atoms with E-state index in [-0.39, 0.29) is 6.10 Å². The zero-order valence-corrected chi connectivity index (χ0v) is 7.06. The lowest BCUT2D eigenvalue weighted by molar-refractivity contribution is 0.0455. The first kappa shape index (κ1) is 7.50. The van der Waals surface area contributed by atoms with Crippen LogP contribution in [0.4, 0.5) is 0 Å². The van der Waals surface area contributed by atoms with Crippen LogP contribution in [-0.4, -0.2) is 18.1 Å². The Bertz CT molecular complexity index is 146. The summed E-state index contributed by atoms with van der Waals surface area (Å²) >= 11 is 1.77. The molecule has 2 aliphatic heterocycles. The van der Waals surface area contributed by atoms with E-state index in [4.69, 9.17) is 4.74 Å². The molecule has 0 aromatic carbocycles. The Balaban J connectivity index is 1.83. The van der Waals surface area contributed by atoms with Gasteiger partial charge in [0.25, 0.3) is 0 Å². The molecule has 2 aliphatic rings. The van der Waals surface area contributed by atoms with Gasteiger partial charge in [-0.25, -0.2) is 0 Å². The fourth-order valence-corrected chi connectivity index (χ4v) is 2.04. The maximum atomic E-state index is 5.53. The van der Waals surface area contributed by atoms with Crippen molar-refractivity contribution < 1.29 is 4.74 Å². The molecular weight excluding hydrogens is 158 g/mol. The molecule has 0 aromatic heterocycles. The van der Waals surface area contributed by atoms with Crippen LogP contribution in [0.15, 0.2) is 11.6 Å². The third-order valence-corrected chi connectivity index (χ3v) is 2.76. The highest BCUT2D eigenvalue weighted by atomic mass is 32.2. The van der Waals surface area contributed by atoms with Crippen molar-refractivity contribution >= 4 is 11.8 Å². The van der Waals surface area contributed by atoms with Gasteiger partial charge in [0.05, 0.1) is 6.10 Å². The summed E-state index contributed by atoms with van der Waals surface area (Å²) in [7, 11) is 0. The molecule has 2 atom stereocenters. The Labute approximate surface area is 71.4 Å². The van der Waals surface area contributed by atoms with Crippen molar-refractivity contribution in [2.75, 3.05) is 6.61 Å². The van der Waals surface area contributed by atoms with Gasteiger partial charge >= 0.3 is 0 Å². The van der Waals surface area contributed by atoms with E-state index in [9.17, 15) is 0 Å². The zero-order valence-electron chi connectivity index (χ0n) is 6.25. The largest absolute Gasteiger partial charge is 0.376 e. The second kappa shape index (κ2) is 3.50. The van der Waals surface area contributed by atoms with Crippen LogP contribution in [0.3, 0.4) is 0 Å². The Kier molecular flexibility index (Phi) is 2.38. The van der Waals surface area contributed by atoms with E-state index < -0.39 is 0 Å². The third-order valence-electron chi connectivity index (χ3n) is 1.79. The van der Waals surface area contributed by atoms with Crippen LogP contribution < -0.4 is 5.32 Å². The maximum Gasteiger partial charge on any atom is 0.103 e. The summed E-state index contributed by atoms with van der Waals surface area (Å²) < 4.78 is 5.53. The molecule has 2 heterocycles. The number of thioether (sulfide) groups is 1. The van der Waals surface area contributed by atoms with Crippen LogP contribution in [0.5, 0.6) is 0 Å². The first-order chi connectivity index (χ1) is 5.47. The van der Waals surface area contributed by atoms with Gasteiger partial charge in [0.2, 0.25) is 0 Å². The van der Waals surface area contributed by atoms with Crippen molar-refractivity contribution in [2.45, 2.75) is 24.3 Å². The lowest BCUT2D eigenvalue weighted by atomic mass is 10.1. The van der Waals surface area contributed by atoms with Gasteiger partial charge < -0.3 is 10.1 Å². The summed E-state index contributed by atoms with van der Waals surface area (Å²) in [6.45, 7) is 0.885. The number of rotatable bonds is 1. The van der Waals surface area contributed by atoms with Crippen molar-refractivity contribution in [1.82, 2.24) is 5.32 Å². The summed E-state index contributed by atoms with van der Waals surface area (Å²) in [5.41, 5.74) is 0. The Morgan fingerprint density at radius 1 is 1.64 bits per heavy atom. The van der Waals surface area contributed by atoms with E-state index in [2.05, 4.69) is 17.1 Å². The van der Waals surface area contributed by atoms with Gasteiger partial charge in [0.1, 0.15) is 5.37 Å². The first-order valence-electron chi connectivity index (χ1n) is 3.88. The highest BCUT2D eigenvalue weighted by Gasteiger charge is 2.25. The van der Waals surface area contributed by atoms with Crippen molar-refractivity contribution in [3.05, 3.63) is 18.0 Å². The van der Waals surface area contributed by atoms with E-state index in [1.165, 1.54) is 0 Å². The van der Waals surface area contributed by atoms with E-state index in [0.717, 1.165) is 19.4 Å². The quantitative estimate of drug-likeness (QED) is 0.640. The molecule has 0 spiro atoms. The molecule has 0 amide bonds. The molecule has 2 rings (SSSR count). The van der Waals surface area contributed by atoms with Crippen LogP contribution >= 0.6 is 11.8 Å². The number of hydrogen-bond acceptors (Lipinski definition) is 3. The monoisotopic (exact) mass is 169 g/mol. The smallest absolute Gasteiger partial charge is 0.103 e. The number of hydrogen-bond donors (Lipinski definition) is 1. The fourth-order valence-electron chi connectivity index (χ4n) is 1.24. The highest BCUT2D eigenvalue weighted by molar-refractivity contribution is 8.03. The molecule has 1 fully saturated rings. The Hall–Kier alpha value is -0.150. The molecule has 0 saturated carbocycles. The predicted octanol–water partition coefficient (Wildman–Crippen LogP) is 1.38. The Morgan fingerprint density at radius 3 is 3.27 bits per heavy atom. The van der Waals surface area contributed by atoms with Gasteiger partial charge in [-0.15, -0.1) is 11.8 Å². The topological polar surface area (TPSA) is 21.3 Å². The normalized spacial score (nSPS) is 37.1. The molecule has 0 aromatic rings. The van der Waals surface area contributed by atoms with Gasteiger partial charge in [-0.1, -0.05) is 0 Å². The van der Waals surface area contributed by atoms with Crippen LogP contribution in [0.1, 0.15) is 12.8 Å². The Morgan fingerprint density at radius 2 is 2.64 bits per heavy atom. The third kappa shape index (κ3) is 1.71. The van der Waals surface area contributed by atoms with E-state index in [0.29, 0.717) is 5.37 Å². The lowest BCUT2D eigenvalue weighted by Crippen LogP contribution is -2.36. The van der Waals surface area contributed by atoms with Crippen molar-refractivity contribution in [1.29, 1.82) is 0 Å². The van der Waals surface area contributed by atoms with Gasteiger partial charge in [-0.3, -0.25) is 0 Å². The van der Waals surface area contributed by atoms with Crippen LogP contribution in [-0.2, 0) is 4.74 Å². The van der Waals surface area contributed by atoms with E-state index in [1.54, 1.807) is 11.8 Å². The van der Waals surface area contributed by atoms with Gasteiger partial charge in [0, 0.05) is 19.2 Å². The molecule has 2 unspecified atom stereocenters. The minimum Gasteiger partial charge on any atom is -0.376 e. The first-order valence-corrected chi connectivity index (χ1v) is 4.82. The minimum atomic E-state index is 0.184. The molecule has 3 heteroatoms. The second-order valence-corrected chi connectivity index (χ2v) is 3.68. The second-order valence-electron chi connectivity index (χ2n) is 2.63. The SMILES string of the molecule is [C]1CCCOC1C1NC=CS1. The highest BCUT2D eigenvalue weighted by Crippen LogP contribution is 2.25. The van der Waals surface area contributed by atoms with E-state index >= 15 is 0 Å². The van der Waals surface area contributed by atoms with Gasteiger partial charge in [-0.05, 0) is 18.2 Å². The lowest BCUT2D eigenvalue weighted by Gasteiger charge is -2.26. The predicted molar refractivity (Wildman–Crippen MR) is 45.9 cm³/mol. The number of ether oxygens (including phenoxy) is 1. The van der Waals surface area contributed by atoms with Crippen LogP contribution in [0.2, 0.25) is 0 Å². The van der Waals surface area contributed by atoms with Gasteiger partial charge in [-0.2, -0.15) is 0 Å². The summed E-state index contributed by atoms with van der Waals surface area (Å²) in [5.74, 6) is 0. The zero-order chi connectivity index (χ0) is 7.52. The van der Waals surface area contributed by atoms with Gasteiger partial charge in [0.15, 0.2) is 0 Å². The minimum absolute atomic E-state index is 0.184. The molecule has 0 aliphatic carbocycles. The van der Waals surface area contributed by atoms with E-state index in [1.807, 2.05) is 6.20 Å². The van der Waals surface area contributed by atoms with Crippen molar-refractivity contribution in [3.63, 3.8) is 0 Å².